The number of hydrogen-bond acceptors (Lipinski definition) is 9. The fourth-order valence-corrected chi connectivity index (χ4v) is 7.34. The molecule has 0 radical (unpaired) electrons. The van der Waals surface area contributed by atoms with Crippen LogP contribution in [0.4, 0.5) is 4.79 Å². The van der Waals surface area contributed by atoms with Crippen LogP contribution in [0.15, 0.2) is 18.2 Å². The second kappa shape index (κ2) is 15.1. The second-order valence-electron chi connectivity index (χ2n) is 15.3. The Balaban J connectivity index is 1.32. The average Bonchev–Trinajstić information content (AvgIpc) is 3.64. The lowest BCUT2D eigenvalue weighted by molar-refractivity contribution is -0.141. The highest BCUT2D eigenvalue weighted by atomic mass is 16.6. The first-order valence-electron chi connectivity index (χ1n) is 18.1. The number of carbonyl (C=O) groups excluding carboxylic acids is 3. The maximum Gasteiger partial charge on any atom is 0.408 e. The molecule has 1 aromatic heterocycles. The monoisotopic (exact) mass is 679 g/mol. The number of ether oxygens (including phenoxy) is 4. The van der Waals surface area contributed by atoms with Crippen molar-refractivity contribution in [3.8, 4) is 11.6 Å². The van der Waals surface area contributed by atoms with Gasteiger partial charge in [0.05, 0.1) is 37.4 Å². The highest BCUT2D eigenvalue weighted by molar-refractivity contribution is 5.92. The zero-order chi connectivity index (χ0) is 34.7. The maximum absolute atomic E-state index is 14.1. The van der Waals surface area contributed by atoms with Crippen molar-refractivity contribution in [3.05, 3.63) is 29.3 Å². The van der Waals surface area contributed by atoms with E-state index in [1.165, 1.54) is 4.90 Å². The van der Waals surface area contributed by atoms with Crippen molar-refractivity contribution in [1.29, 1.82) is 0 Å². The molecule has 0 spiro atoms. The van der Waals surface area contributed by atoms with E-state index in [0.717, 1.165) is 99.2 Å². The van der Waals surface area contributed by atoms with Crippen LogP contribution in [0.25, 0.3) is 10.9 Å². The molecular formula is C37H53N5O7. The number of alkyl carbamates (subject to hydrolysis) is 1. The van der Waals surface area contributed by atoms with Crippen LogP contribution in [0.1, 0.15) is 76.8 Å². The van der Waals surface area contributed by atoms with E-state index in [4.69, 9.17) is 29.7 Å². The zero-order valence-corrected chi connectivity index (χ0v) is 29.5. The summed E-state index contributed by atoms with van der Waals surface area (Å²) in [5, 5.41) is 3.77. The first-order chi connectivity index (χ1) is 23.5. The number of amides is 3. The Labute approximate surface area is 289 Å². The van der Waals surface area contributed by atoms with Crippen molar-refractivity contribution >= 4 is 28.8 Å². The summed E-state index contributed by atoms with van der Waals surface area (Å²) in [6, 6.07) is 4.37. The smallest absolute Gasteiger partial charge is 0.408 e. The molecule has 3 fully saturated rings. The Morgan fingerprint density at radius 2 is 1.90 bits per heavy atom. The van der Waals surface area contributed by atoms with E-state index in [2.05, 4.69) is 22.3 Å². The number of hydrogen-bond donors (Lipinski definition) is 2. The minimum absolute atomic E-state index is 0.128. The lowest BCUT2D eigenvalue weighted by Crippen LogP contribution is -2.57. The predicted molar refractivity (Wildman–Crippen MR) is 185 cm³/mol. The third-order valence-electron chi connectivity index (χ3n) is 10.3. The largest absolute Gasteiger partial charge is 0.492 e. The highest BCUT2D eigenvalue weighted by Crippen LogP contribution is 2.40. The minimum atomic E-state index is -0.925. The summed E-state index contributed by atoms with van der Waals surface area (Å²) < 4.78 is 24.6. The second-order valence-corrected chi connectivity index (χ2v) is 15.3. The van der Waals surface area contributed by atoms with Gasteiger partial charge in [0.25, 0.3) is 0 Å². The number of benzene rings is 1. The van der Waals surface area contributed by atoms with E-state index >= 15 is 0 Å². The summed E-state index contributed by atoms with van der Waals surface area (Å²) in [7, 11) is 0. The summed E-state index contributed by atoms with van der Waals surface area (Å²) in [5.74, 6) is 0.579. The van der Waals surface area contributed by atoms with Gasteiger partial charge < -0.3 is 34.9 Å². The van der Waals surface area contributed by atoms with Crippen molar-refractivity contribution in [3.63, 3.8) is 0 Å². The molecule has 12 nitrogen and oxygen atoms in total. The number of morpholine rings is 1. The van der Waals surface area contributed by atoms with Crippen molar-refractivity contribution in [2.75, 3.05) is 46.0 Å². The van der Waals surface area contributed by atoms with Crippen molar-refractivity contribution in [2.45, 2.75) is 103 Å². The summed E-state index contributed by atoms with van der Waals surface area (Å²) in [6.07, 6.45) is 5.23. The molecule has 2 aromatic rings. The first kappa shape index (κ1) is 35.2. The molecule has 2 saturated heterocycles. The van der Waals surface area contributed by atoms with Gasteiger partial charge in [0, 0.05) is 31.4 Å². The Kier molecular flexibility index (Phi) is 10.8. The number of nitrogens with zero attached hydrogens (tertiary/aromatic N) is 3. The summed E-state index contributed by atoms with van der Waals surface area (Å²) in [5.41, 5.74) is 7.98. The van der Waals surface area contributed by atoms with Crippen LogP contribution in [0.5, 0.6) is 11.6 Å². The normalized spacial score (nSPS) is 27.2. The number of aryl methyl sites for hydroxylation is 1. The van der Waals surface area contributed by atoms with Gasteiger partial charge in [0.2, 0.25) is 17.7 Å². The average molecular weight is 680 g/mol. The topological polar surface area (TPSA) is 146 Å². The van der Waals surface area contributed by atoms with Gasteiger partial charge in [-0.15, -0.1) is 0 Å². The Hall–Kier alpha value is -3.64. The van der Waals surface area contributed by atoms with Crippen LogP contribution >= 0.6 is 0 Å². The van der Waals surface area contributed by atoms with E-state index < -0.39 is 35.6 Å². The predicted octanol–water partition coefficient (Wildman–Crippen LogP) is 4.12. The number of aromatic nitrogens is 1. The third kappa shape index (κ3) is 8.57. The van der Waals surface area contributed by atoms with Crippen LogP contribution in [0.2, 0.25) is 0 Å². The SMILES string of the molecule is Cc1ccc2c(OCCCN3CCOCC3)c3c(nc2c1)O[C@@H]1C[C@@H](C(N)=O)N(C1)C(=O)[C@H](C(C)(C)C)NC(=O)O[C@@H]1C[C@H]1CCCCC3. The van der Waals surface area contributed by atoms with Crippen LogP contribution in [-0.2, 0) is 25.5 Å². The van der Waals surface area contributed by atoms with Gasteiger partial charge >= 0.3 is 6.09 Å². The number of carbonyl (C=O) groups is 3. The fraction of sp³-hybridized carbons (Fsp3) is 0.676. The lowest BCUT2D eigenvalue weighted by Gasteiger charge is -2.34. The number of primary amides is 1. The van der Waals surface area contributed by atoms with Gasteiger partial charge in [-0.2, -0.15) is 0 Å². The molecule has 5 atom stereocenters. The van der Waals surface area contributed by atoms with Crippen molar-refractivity contribution < 1.29 is 33.3 Å². The fourth-order valence-electron chi connectivity index (χ4n) is 7.34. The van der Waals surface area contributed by atoms with E-state index in [-0.39, 0.29) is 25.0 Å². The summed E-state index contributed by atoms with van der Waals surface area (Å²) >= 11 is 0. The van der Waals surface area contributed by atoms with E-state index in [1.54, 1.807) is 0 Å². The molecule has 12 heteroatoms. The van der Waals surface area contributed by atoms with Crippen LogP contribution in [0, 0.1) is 18.3 Å². The molecule has 49 heavy (non-hydrogen) atoms. The molecule has 4 aliphatic rings. The standard InChI is InChI=1S/C37H53N5O7/c1-23-11-12-26-28(19-23)39-34-27(31(26)47-16-8-13-41-14-17-46-18-15-41)10-7-5-6-9-24-20-30(24)49-36(45)40-32(37(2,3)4)35(44)42-22-25(48-34)21-29(42)33(38)43/h11-12,19,24-25,29-30,32H,5-10,13-18,20-22H2,1-4H3,(H2,38,43)(H,40,45)/t24-,25-,29+,30-,32-/m1/s1. The number of nitrogens with one attached hydrogen (secondary N) is 1. The molecule has 3 amide bonds. The summed E-state index contributed by atoms with van der Waals surface area (Å²) in [4.78, 5) is 48.7. The number of fused-ring (bicyclic) bond motifs is 5. The quantitative estimate of drug-likeness (QED) is 0.431. The van der Waals surface area contributed by atoms with E-state index in [9.17, 15) is 14.4 Å². The summed E-state index contributed by atoms with van der Waals surface area (Å²) in [6.45, 7) is 12.7. The Morgan fingerprint density at radius 3 is 2.65 bits per heavy atom. The molecule has 1 saturated carbocycles. The van der Waals surface area contributed by atoms with E-state index in [0.29, 0.717) is 24.8 Å². The van der Waals surface area contributed by atoms with Gasteiger partial charge in [0.1, 0.15) is 30.0 Å². The van der Waals surface area contributed by atoms with Gasteiger partial charge in [0.15, 0.2) is 0 Å². The molecule has 4 heterocycles. The van der Waals surface area contributed by atoms with Gasteiger partial charge in [-0.3, -0.25) is 14.5 Å². The third-order valence-corrected chi connectivity index (χ3v) is 10.3. The number of pyridine rings is 1. The molecular weight excluding hydrogens is 626 g/mol. The van der Waals surface area contributed by atoms with E-state index in [1.807, 2.05) is 33.8 Å². The van der Waals surface area contributed by atoms with Crippen LogP contribution in [0.3, 0.4) is 0 Å². The van der Waals surface area contributed by atoms with Crippen molar-refractivity contribution in [2.24, 2.45) is 17.1 Å². The molecule has 1 aliphatic carbocycles. The van der Waals surface area contributed by atoms with Gasteiger partial charge in [-0.05, 0) is 68.1 Å². The van der Waals surface area contributed by atoms with Gasteiger partial charge in [-0.25, -0.2) is 9.78 Å². The maximum atomic E-state index is 14.1. The van der Waals surface area contributed by atoms with Crippen LogP contribution < -0.4 is 20.5 Å². The van der Waals surface area contributed by atoms with Crippen molar-refractivity contribution in [1.82, 2.24) is 20.1 Å². The molecule has 0 unspecified atom stereocenters. The Bertz CT molecular complexity index is 1520. The molecule has 3 N–H and O–H groups in total. The van der Waals surface area contributed by atoms with Gasteiger partial charge in [-0.1, -0.05) is 39.7 Å². The minimum Gasteiger partial charge on any atom is -0.492 e. The van der Waals surface area contributed by atoms with Crippen LogP contribution in [-0.4, -0.2) is 103 Å². The number of nitrogens with two attached hydrogens (primary N) is 1. The molecule has 2 bridgehead atoms. The molecule has 6 rings (SSSR count). The molecule has 1 aromatic carbocycles. The number of rotatable bonds is 6. The lowest BCUT2D eigenvalue weighted by atomic mass is 9.85. The highest BCUT2D eigenvalue weighted by Gasteiger charge is 2.47. The molecule has 268 valence electrons. The first-order valence-corrected chi connectivity index (χ1v) is 18.1. The Morgan fingerprint density at radius 1 is 1.10 bits per heavy atom. The zero-order valence-electron chi connectivity index (χ0n) is 29.5. The molecule has 3 aliphatic heterocycles.